The molecule has 1 aromatic carbocycles. The Hall–Kier alpha value is -0.650. The lowest BCUT2D eigenvalue weighted by Crippen LogP contribution is -2.10. The Labute approximate surface area is 114 Å². The smallest absolute Gasteiger partial charge is 0.178 e. The van der Waals surface area contributed by atoms with Crippen molar-refractivity contribution in [3.05, 3.63) is 27.4 Å². The van der Waals surface area contributed by atoms with Crippen LogP contribution in [-0.2, 0) is 11.3 Å². The van der Waals surface area contributed by atoms with Gasteiger partial charge in [0.05, 0.1) is 23.7 Å². The van der Waals surface area contributed by atoms with Crippen molar-refractivity contribution in [1.82, 2.24) is 9.55 Å². The van der Waals surface area contributed by atoms with Crippen LogP contribution in [0.4, 0.5) is 0 Å². The number of imidazole rings is 1. The fourth-order valence-corrected chi connectivity index (χ4v) is 2.38. The number of aromatic amines is 1. The third-order valence-electron chi connectivity index (χ3n) is 2.50. The highest BCUT2D eigenvalue weighted by Crippen LogP contribution is 2.19. The number of ether oxygens (including phenoxy) is 1. The Morgan fingerprint density at radius 1 is 1.47 bits per heavy atom. The van der Waals surface area contributed by atoms with Gasteiger partial charge in [-0.2, -0.15) is 0 Å². The molecule has 1 heterocycles. The molecule has 3 nitrogen and oxygen atoms in total. The van der Waals surface area contributed by atoms with Gasteiger partial charge in [0.25, 0.3) is 0 Å². The molecule has 2 rings (SSSR count). The van der Waals surface area contributed by atoms with E-state index in [2.05, 4.69) is 31.5 Å². The Morgan fingerprint density at radius 3 is 2.94 bits per heavy atom. The molecule has 1 aromatic heterocycles. The maximum absolute atomic E-state index is 5.56. The van der Waals surface area contributed by atoms with Gasteiger partial charge in [-0.3, -0.25) is 0 Å². The van der Waals surface area contributed by atoms with Gasteiger partial charge in [0.15, 0.2) is 4.77 Å². The number of hydrogen-bond donors (Lipinski definition) is 1. The summed E-state index contributed by atoms with van der Waals surface area (Å²) in [6.07, 6.45) is 0.251. The summed E-state index contributed by atoms with van der Waals surface area (Å²) in [6.45, 7) is 5.51. The summed E-state index contributed by atoms with van der Waals surface area (Å²) in [5.74, 6) is 0. The van der Waals surface area contributed by atoms with Gasteiger partial charge in [0, 0.05) is 11.0 Å². The maximum Gasteiger partial charge on any atom is 0.178 e. The summed E-state index contributed by atoms with van der Waals surface area (Å²) in [6, 6.07) is 6.09. The molecule has 0 amide bonds. The minimum Gasteiger partial charge on any atom is -0.377 e. The second kappa shape index (κ2) is 5.33. The van der Waals surface area contributed by atoms with Crippen molar-refractivity contribution in [2.24, 2.45) is 0 Å². The van der Waals surface area contributed by atoms with Crippen LogP contribution in [0.15, 0.2) is 22.7 Å². The molecular formula is C12H15BrN2OS. The van der Waals surface area contributed by atoms with Crippen molar-refractivity contribution in [3.63, 3.8) is 0 Å². The number of benzene rings is 1. The number of halogens is 1. The van der Waals surface area contributed by atoms with Crippen molar-refractivity contribution >= 4 is 39.2 Å². The zero-order valence-corrected chi connectivity index (χ0v) is 12.3. The third kappa shape index (κ3) is 2.97. The van der Waals surface area contributed by atoms with Crippen LogP contribution >= 0.6 is 28.1 Å². The van der Waals surface area contributed by atoms with Gasteiger partial charge < -0.3 is 14.3 Å². The second-order valence-corrected chi connectivity index (χ2v) is 5.47. The van der Waals surface area contributed by atoms with E-state index in [9.17, 15) is 0 Å². The number of aromatic nitrogens is 2. The van der Waals surface area contributed by atoms with E-state index < -0.39 is 0 Å². The third-order valence-corrected chi connectivity index (χ3v) is 3.32. The van der Waals surface area contributed by atoms with Crippen molar-refractivity contribution in [2.75, 3.05) is 6.61 Å². The first-order valence-electron chi connectivity index (χ1n) is 5.57. The van der Waals surface area contributed by atoms with Crippen LogP contribution in [-0.4, -0.2) is 22.3 Å². The van der Waals surface area contributed by atoms with E-state index in [0.717, 1.165) is 26.8 Å². The first kappa shape index (κ1) is 12.8. The molecule has 0 saturated carbocycles. The molecule has 0 atom stereocenters. The number of fused-ring (bicyclic) bond motifs is 1. The van der Waals surface area contributed by atoms with Gasteiger partial charge in [-0.15, -0.1) is 0 Å². The number of hydrogen-bond acceptors (Lipinski definition) is 2. The average molecular weight is 315 g/mol. The van der Waals surface area contributed by atoms with E-state index >= 15 is 0 Å². The summed E-state index contributed by atoms with van der Waals surface area (Å²) < 4.78 is 9.42. The van der Waals surface area contributed by atoms with Gasteiger partial charge >= 0.3 is 0 Å². The molecule has 0 aliphatic rings. The van der Waals surface area contributed by atoms with Gasteiger partial charge in [-0.25, -0.2) is 0 Å². The number of H-pyrrole nitrogens is 1. The molecule has 0 fully saturated rings. The predicted octanol–water partition coefficient (Wildman–Crippen LogP) is 3.89. The minimum absolute atomic E-state index is 0.251. The van der Waals surface area contributed by atoms with Crippen LogP contribution < -0.4 is 0 Å². The standard InChI is InChI=1S/C12H15BrN2OS/c1-8(2)16-6-5-15-11-7-9(13)3-4-10(11)14-12(15)17/h3-4,7-8H,5-6H2,1-2H3,(H,14,17). The summed E-state index contributed by atoms with van der Waals surface area (Å²) >= 11 is 8.79. The molecule has 0 unspecified atom stereocenters. The van der Waals surface area contributed by atoms with Crippen molar-refractivity contribution < 1.29 is 4.74 Å². The highest BCUT2D eigenvalue weighted by atomic mass is 79.9. The lowest BCUT2D eigenvalue weighted by atomic mass is 10.3. The summed E-state index contributed by atoms with van der Waals surface area (Å²) in [4.78, 5) is 3.19. The summed E-state index contributed by atoms with van der Waals surface area (Å²) in [5, 5.41) is 0. The van der Waals surface area contributed by atoms with Crippen molar-refractivity contribution in [2.45, 2.75) is 26.5 Å². The normalized spacial score (nSPS) is 11.5. The van der Waals surface area contributed by atoms with E-state index in [0.29, 0.717) is 6.61 Å². The first-order valence-corrected chi connectivity index (χ1v) is 6.77. The monoisotopic (exact) mass is 314 g/mol. The van der Waals surface area contributed by atoms with Crippen LogP contribution in [0, 0.1) is 4.77 Å². The molecule has 1 N–H and O–H groups in total. The fraction of sp³-hybridized carbons (Fsp3) is 0.417. The first-order chi connectivity index (χ1) is 8.08. The summed E-state index contributed by atoms with van der Waals surface area (Å²) in [7, 11) is 0. The van der Waals surface area contributed by atoms with Gasteiger partial charge in [-0.05, 0) is 44.3 Å². The van der Waals surface area contributed by atoms with Crippen LogP contribution in [0.25, 0.3) is 11.0 Å². The van der Waals surface area contributed by atoms with E-state index in [1.807, 2.05) is 26.0 Å². The van der Waals surface area contributed by atoms with Crippen LogP contribution in [0.5, 0.6) is 0 Å². The highest BCUT2D eigenvalue weighted by Gasteiger charge is 2.05. The largest absolute Gasteiger partial charge is 0.377 e. The maximum atomic E-state index is 5.56. The Kier molecular flexibility index (Phi) is 4.01. The van der Waals surface area contributed by atoms with Crippen molar-refractivity contribution in [3.8, 4) is 0 Å². The fourth-order valence-electron chi connectivity index (χ4n) is 1.73. The van der Waals surface area contributed by atoms with Gasteiger partial charge in [0.1, 0.15) is 0 Å². The SMILES string of the molecule is CC(C)OCCn1c(=S)[nH]c2ccc(Br)cc21. The molecule has 0 spiro atoms. The van der Waals surface area contributed by atoms with Crippen LogP contribution in [0.3, 0.4) is 0 Å². The van der Waals surface area contributed by atoms with E-state index in [1.165, 1.54) is 0 Å². The highest BCUT2D eigenvalue weighted by molar-refractivity contribution is 9.10. The molecule has 2 aromatic rings. The quantitative estimate of drug-likeness (QED) is 0.868. The zero-order valence-electron chi connectivity index (χ0n) is 9.87. The molecule has 0 radical (unpaired) electrons. The molecule has 5 heteroatoms. The average Bonchev–Trinajstić information content (AvgIpc) is 2.55. The second-order valence-electron chi connectivity index (χ2n) is 4.16. The lowest BCUT2D eigenvalue weighted by molar-refractivity contribution is 0.0731. The molecule has 0 aliphatic heterocycles. The molecule has 17 heavy (non-hydrogen) atoms. The van der Waals surface area contributed by atoms with Gasteiger partial charge in [-0.1, -0.05) is 15.9 Å². The predicted molar refractivity (Wildman–Crippen MR) is 75.9 cm³/mol. The molecule has 92 valence electrons. The van der Waals surface area contributed by atoms with Crippen LogP contribution in [0.2, 0.25) is 0 Å². The minimum atomic E-state index is 0.251. The topological polar surface area (TPSA) is 29.9 Å². The van der Waals surface area contributed by atoms with E-state index in [-0.39, 0.29) is 6.10 Å². The summed E-state index contributed by atoms with van der Waals surface area (Å²) in [5.41, 5.74) is 2.17. The zero-order chi connectivity index (χ0) is 12.4. The Bertz CT molecular complexity index is 573. The van der Waals surface area contributed by atoms with Crippen molar-refractivity contribution in [1.29, 1.82) is 0 Å². The Balaban J connectivity index is 2.29. The number of rotatable bonds is 4. The van der Waals surface area contributed by atoms with Gasteiger partial charge in [0.2, 0.25) is 0 Å². The van der Waals surface area contributed by atoms with E-state index in [4.69, 9.17) is 17.0 Å². The lowest BCUT2D eigenvalue weighted by Gasteiger charge is -2.08. The molecule has 0 saturated heterocycles. The number of nitrogens with one attached hydrogen (secondary N) is 1. The van der Waals surface area contributed by atoms with Crippen LogP contribution in [0.1, 0.15) is 13.8 Å². The molecular weight excluding hydrogens is 300 g/mol. The Morgan fingerprint density at radius 2 is 2.24 bits per heavy atom. The molecule has 0 aliphatic carbocycles. The molecule has 0 bridgehead atoms. The number of nitrogens with zero attached hydrogens (tertiary/aromatic N) is 1. The van der Waals surface area contributed by atoms with E-state index in [1.54, 1.807) is 0 Å².